The van der Waals surface area contributed by atoms with Crippen LogP contribution in [0.4, 0.5) is 0 Å². The van der Waals surface area contributed by atoms with Gasteiger partial charge in [0, 0.05) is 18.8 Å². The smallest absolute Gasteiger partial charge is 0.233 e. The van der Waals surface area contributed by atoms with Crippen LogP contribution in [0.5, 0.6) is 0 Å². The summed E-state index contributed by atoms with van der Waals surface area (Å²) in [7, 11) is 1.92. The van der Waals surface area contributed by atoms with Gasteiger partial charge in [0.05, 0.1) is 17.4 Å². The van der Waals surface area contributed by atoms with E-state index in [2.05, 4.69) is 25.2 Å². The van der Waals surface area contributed by atoms with Crippen molar-refractivity contribution in [3.05, 3.63) is 30.6 Å². The fraction of sp³-hybridized carbons (Fsp3) is 0.308. The molecule has 0 unspecified atom stereocenters. The van der Waals surface area contributed by atoms with Gasteiger partial charge in [-0.1, -0.05) is 5.16 Å². The summed E-state index contributed by atoms with van der Waals surface area (Å²) in [6, 6.07) is 0. The summed E-state index contributed by atoms with van der Waals surface area (Å²) in [4.78, 5) is 17.8. The van der Waals surface area contributed by atoms with Crippen LogP contribution in [0.3, 0.4) is 0 Å². The van der Waals surface area contributed by atoms with E-state index in [-0.39, 0.29) is 0 Å². The predicted molar refractivity (Wildman–Crippen MR) is 77.3 cm³/mol. The molecule has 0 bridgehead atoms. The molecular formula is C13H15N7O. The summed E-state index contributed by atoms with van der Waals surface area (Å²) in [6.45, 7) is 4.30. The summed E-state index contributed by atoms with van der Waals surface area (Å²) >= 11 is 0. The van der Waals surface area contributed by atoms with Crippen molar-refractivity contribution in [3.63, 3.8) is 0 Å². The highest BCUT2D eigenvalue weighted by molar-refractivity contribution is 6.07. The molecule has 3 aromatic rings. The van der Waals surface area contributed by atoms with Crippen LogP contribution < -0.4 is 0 Å². The molecule has 0 aliphatic rings. The highest BCUT2D eigenvalue weighted by atomic mass is 16.6. The quantitative estimate of drug-likeness (QED) is 0.533. The molecule has 0 saturated carbocycles. The third kappa shape index (κ3) is 2.24. The number of hydrogen-bond acceptors (Lipinski definition) is 6. The first kappa shape index (κ1) is 13.2. The lowest BCUT2D eigenvalue weighted by Gasteiger charge is -2.05. The largest absolute Gasteiger partial charge is 0.396 e. The highest BCUT2D eigenvalue weighted by Gasteiger charge is 2.15. The van der Waals surface area contributed by atoms with Crippen molar-refractivity contribution in [3.8, 4) is 5.95 Å². The van der Waals surface area contributed by atoms with Crippen LogP contribution in [-0.2, 0) is 11.9 Å². The second-order valence-electron chi connectivity index (χ2n) is 4.46. The van der Waals surface area contributed by atoms with Gasteiger partial charge in [0.1, 0.15) is 24.8 Å². The highest BCUT2D eigenvalue weighted by Crippen LogP contribution is 2.20. The summed E-state index contributed by atoms with van der Waals surface area (Å²) < 4.78 is 3.55. The van der Waals surface area contributed by atoms with Crippen molar-refractivity contribution < 1.29 is 4.84 Å². The molecule has 0 fully saturated rings. The van der Waals surface area contributed by atoms with E-state index in [4.69, 9.17) is 4.84 Å². The van der Waals surface area contributed by atoms with Crippen molar-refractivity contribution >= 4 is 16.7 Å². The van der Waals surface area contributed by atoms with Crippen LogP contribution in [0.2, 0.25) is 0 Å². The molecule has 3 heterocycles. The summed E-state index contributed by atoms with van der Waals surface area (Å²) in [5.41, 5.74) is 3.33. The monoisotopic (exact) mass is 285 g/mol. The number of fused-ring (bicyclic) bond motifs is 1. The van der Waals surface area contributed by atoms with Crippen LogP contribution in [0.15, 0.2) is 30.2 Å². The minimum Gasteiger partial charge on any atom is -0.396 e. The Morgan fingerprint density at radius 2 is 2.19 bits per heavy atom. The maximum absolute atomic E-state index is 5.12. The van der Waals surface area contributed by atoms with Gasteiger partial charge in [-0.3, -0.25) is 4.98 Å². The fourth-order valence-corrected chi connectivity index (χ4v) is 2.15. The van der Waals surface area contributed by atoms with Gasteiger partial charge in [0.15, 0.2) is 0 Å². The minimum absolute atomic E-state index is 0.524. The molecule has 0 saturated heterocycles. The number of aryl methyl sites for hydroxylation is 1. The van der Waals surface area contributed by atoms with E-state index in [1.54, 1.807) is 23.4 Å². The van der Waals surface area contributed by atoms with Gasteiger partial charge in [0.25, 0.3) is 0 Å². The van der Waals surface area contributed by atoms with Crippen molar-refractivity contribution in [2.75, 3.05) is 6.61 Å². The molecule has 0 aliphatic carbocycles. The number of oxime groups is 1. The van der Waals surface area contributed by atoms with Gasteiger partial charge in [-0.25, -0.2) is 9.97 Å². The molecule has 0 amide bonds. The predicted octanol–water partition coefficient (Wildman–Crippen LogP) is 1.31. The molecule has 0 spiro atoms. The zero-order valence-corrected chi connectivity index (χ0v) is 12.1. The van der Waals surface area contributed by atoms with Crippen LogP contribution in [0.25, 0.3) is 17.0 Å². The zero-order valence-electron chi connectivity index (χ0n) is 12.1. The first-order chi connectivity index (χ1) is 10.2. The van der Waals surface area contributed by atoms with Gasteiger partial charge in [0.2, 0.25) is 5.95 Å². The van der Waals surface area contributed by atoms with Gasteiger partial charge >= 0.3 is 0 Å². The first-order valence-corrected chi connectivity index (χ1v) is 6.54. The van der Waals surface area contributed by atoms with Gasteiger partial charge in [-0.05, 0) is 13.8 Å². The first-order valence-electron chi connectivity index (χ1n) is 6.54. The Kier molecular flexibility index (Phi) is 3.35. The molecule has 0 N–H and O–H groups in total. The second kappa shape index (κ2) is 5.31. The third-order valence-corrected chi connectivity index (χ3v) is 3.10. The normalized spacial score (nSPS) is 12.0. The van der Waals surface area contributed by atoms with Gasteiger partial charge < -0.3 is 9.40 Å². The molecule has 0 radical (unpaired) electrons. The summed E-state index contributed by atoms with van der Waals surface area (Å²) in [6.07, 6.45) is 6.55. The van der Waals surface area contributed by atoms with E-state index in [0.29, 0.717) is 12.6 Å². The molecule has 108 valence electrons. The lowest BCUT2D eigenvalue weighted by atomic mass is 10.1. The van der Waals surface area contributed by atoms with Gasteiger partial charge in [-0.15, -0.1) is 0 Å². The van der Waals surface area contributed by atoms with E-state index in [9.17, 15) is 0 Å². The number of hydrogen-bond donors (Lipinski definition) is 0. The molecule has 0 atom stereocenters. The van der Waals surface area contributed by atoms with E-state index in [1.807, 2.05) is 25.5 Å². The Hall–Kier alpha value is -2.77. The van der Waals surface area contributed by atoms with Crippen molar-refractivity contribution in [1.29, 1.82) is 0 Å². The van der Waals surface area contributed by atoms with E-state index < -0.39 is 0 Å². The maximum Gasteiger partial charge on any atom is 0.233 e. The van der Waals surface area contributed by atoms with E-state index in [0.717, 1.165) is 22.3 Å². The number of aromatic nitrogens is 6. The van der Waals surface area contributed by atoms with Crippen molar-refractivity contribution in [1.82, 2.24) is 29.3 Å². The Morgan fingerprint density at radius 3 is 2.90 bits per heavy atom. The van der Waals surface area contributed by atoms with Crippen LogP contribution in [0.1, 0.15) is 19.4 Å². The average Bonchev–Trinajstić information content (AvgIpc) is 3.12. The van der Waals surface area contributed by atoms with E-state index in [1.165, 1.54) is 6.33 Å². The molecule has 3 rings (SSSR count). The zero-order chi connectivity index (χ0) is 14.8. The van der Waals surface area contributed by atoms with Crippen LogP contribution in [0, 0.1) is 0 Å². The van der Waals surface area contributed by atoms with Crippen LogP contribution in [-0.4, -0.2) is 41.6 Å². The standard InChI is InChI=1S/C13H15N7O/c1-4-21-18-9(2)10-5-14-6-11-12(10)19(3)13(17-11)20-8-15-7-16-20/h5-8H,4H2,1-3H3. The van der Waals surface area contributed by atoms with Gasteiger partial charge in [-0.2, -0.15) is 9.78 Å². The molecule has 3 aromatic heterocycles. The molecule has 0 aromatic carbocycles. The molecule has 8 nitrogen and oxygen atoms in total. The Bertz CT molecular complexity index is 788. The summed E-state index contributed by atoms with van der Waals surface area (Å²) in [5.74, 6) is 0.668. The van der Waals surface area contributed by atoms with E-state index >= 15 is 0 Å². The average molecular weight is 285 g/mol. The van der Waals surface area contributed by atoms with Crippen molar-refractivity contribution in [2.24, 2.45) is 12.2 Å². The Balaban J connectivity index is 2.19. The lowest BCUT2D eigenvalue weighted by molar-refractivity contribution is 0.159. The second-order valence-corrected chi connectivity index (χ2v) is 4.46. The molecule has 21 heavy (non-hydrogen) atoms. The third-order valence-electron chi connectivity index (χ3n) is 3.10. The molecular weight excluding hydrogens is 270 g/mol. The number of nitrogens with zero attached hydrogens (tertiary/aromatic N) is 7. The topological polar surface area (TPSA) is 83.0 Å². The fourth-order valence-electron chi connectivity index (χ4n) is 2.15. The van der Waals surface area contributed by atoms with Crippen molar-refractivity contribution in [2.45, 2.75) is 13.8 Å². The lowest BCUT2D eigenvalue weighted by Crippen LogP contribution is -2.06. The van der Waals surface area contributed by atoms with Crippen LogP contribution >= 0.6 is 0 Å². The Labute approximate surface area is 121 Å². The maximum atomic E-state index is 5.12. The molecule has 0 aliphatic heterocycles. The SMILES string of the molecule is CCON=C(C)c1cncc2nc(-n3cncn3)n(C)c12. The Morgan fingerprint density at radius 1 is 1.33 bits per heavy atom. The molecule has 8 heteroatoms. The summed E-state index contributed by atoms with van der Waals surface area (Å²) in [5, 5.41) is 8.19. The number of rotatable bonds is 4. The number of pyridine rings is 1. The minimum atomic E-state index is 0.524. The number of imidazole rings is 1.